The summed E-state index contributed by atoms with van der Waals surface area (Å²) < 4.78 is 44.4. The Morgan fingerprint density at radius 1 is 0.397 bits per heavy atom. The molecule has 0 aromatic heterocycles. The quantitative estimate of drug-likeness (QED) is 0.0636. The molecule has 10 nitrogen and oxygen atoms in total. The highest BCUT2D eigenvalue weighted by Crippen LogP contribution is 2.29. The Morgan fingerprint density at radius 2 is 0.690 bits per heavy atom. The van der Waals surface area contributed by atoms with Crippen LogP contribution in [0.15, 0.2) is 0 Å². The Bertz CT molecular complexity index is 763. The molecule has 0 bridgehead atoms. The number of nitrogens with two attached hydrogens (primary N) is 1. The van der Waals surface area contributed by atoms with Gasteiger partial charge in [0.2, 0.25) is 0 Å². The van der Waals surface area contributed by atoms with Gasteiger partial charge in [0.25, 0.3) is 0 Å². The van der Waals surface area contributed by atoms with Crippen molar-refractivity contribution < 1.29 is 34.5 Å². The van der Waals surface area contributed by atoms with Gasteiger partial charge in [-0.3, -0.25) is 0 Å². The molecule has 0 aromatic rings. The first kappa shape index (κ1) is 98.2. The maximum atomic E-state index is 8.77. The van der Waals surface area contributed by atoms with E-state index in [2.05, 4.69) is 123 Å². The van der Waals surface area contributed by atoms with Crippen molar-refractivity contribution in [3.63, 3.8) is 0 Å². The molecule has 0 rings (SSSR count). The average Bonchev–Trinajstić information content (AvgIpc) is 2.72. The standard InChI is InChI=1S/C14H40N2O3Si4.C14H38O5Si4.12CH4/c2*1-20(2,3)17-22(7,8)19-23(9,18-21(4,5)6)14-10-12-16-13-11-15;;;;;;;;;;;;/h16H,10-15H2,1-9H3;15H,10-14H2,1-9H3;12*1H4. The second-order valence-corrected chi connectivity index (χ2v) is 50.1. The zero-order valence-corrected chi connectivity index (χ0v) is 41.5. The number of hydrogen-bond donors (Lipinski definition) is 3. The summed E-state index contributed by atoms with van der Waals surface area (Å²) in [6.45, 7) is 43.2. The maximum absolute atomic E-state index is 8.77. The Kier molecular flexibility index (Phi) is 71.6. The van der Waals surface area contributed by atoms with Crippen LogP contribution in [0.2, 0.25) is 130 Å². The second-order valence-electron chi connectivity index (χ2n) is 17.2. The lowest BCUT2D eigenvalue weighted by Gasteiger charge is -2.41. The smallest absolute Gasteiger partial charge is 0.315 e. The van der Waals surface area contributed by atoms with Crippen LogP contribution in [0.4, 0.5) is 0 Å². The molecule has 376 valence electrons. The van der Waals surface area contributed by atoms with Crippen LogP contribution in [0.25, 0.3) is 0 Å². The van der Waals surface area contributed by atoms with E-state index in [-0.39, 0.29) is 95.7 Å². The number of aliphatic hydroxyl groups excluding tert-OH is 1. The Labute approximate surface area is 382 Å². The average molecular weight is 988 g/mol. The van der Waals surface area contributed by atoms with Crippen LogP contribution in [0.3, 0.4) is 0 Å². The van der Waals surface area contributed by atoms with E-state index in [4.69, 9.17) is 40.3 Å². The summed E-state index contributed by atoms with van der Waals surface area (Å²) in [6, 6.07) is 1.90. The van der Waals surface area contributed by atoms with Gasteiger partial charge in [0.15, 0.2) is 33.3 Å². The van der Waals surface area contributed by atoms with Gasteiger partial charge in [0, 0.05) is 19.7 Å². The molecule has 0 fully saturated rings. The van der Waals surface area contributed by atoms with Crippen LogP contribution in [-0.2, 0) is 29.4 Å². The van der Waals surface area contributed by atoms with Gasteiger partial charge >= 0.3 is 34.2 Å². The molecule has 4 N–H and O–H groups in total. The molecule has 0 amide bonds. The molecule has 2 unspecified atom stereocenters. The Balaban J connectivity index is -0.0000000461. The predicted octanol–water partition coefficient (Wildman–Crippen LogP) is 14.9. The van der Waals surface area contributed by atoms with Crippen LogP contribution in [-0.4, -0.2) is 112 Å². The molecule has 0 saturated carbocycles. The molecule has 18 heteroatoms. The minimum Gasteiger partial charge on any atom is -0.437 e. The third-order valence-electron chi connectivity index (χ3n) is 5.53. The minimum atomic E-state index is -2.30. The van der Waals surface area contributed by atoms with Crippen LogP contribution in [0, 0.1) is 0 Å². The van der Waals surface area contributed by atoms with Crippen molar-refractivity contribution in [2.75, 3.05) is 39.5 Å². The van der Waals surface area contributed by atoms with Crippen LogP contribution in [0.5, 0.6) is 0 Å². The molecule has 2 atom stereocenters. The van der Waals surface area contributed by atoms with Gasteiger partial charge in [-0.05, 0) is 149 Å². The van der Waals surface area contributed by atoms with E-state index in [1.165, 1.54) is 0 Å². The monoisotopic (exact) mass is 987 g/mol. The highest BCUT2D eigenvalue weighted by molar-refractivity contribution is 6.90. The van der Waals surface area contributed by atoms with E-state index >= 15 is 0 Å². The minimum absolute atomic E-state index is 0. The number of rotatable bonds is 24. The van der Waals surface area contributed by atoms with Crippen LogP contribution in [0.1, 0.15) is 102 Å². The fourth-order valence-electron chi connectivity index (χ4n) is 5.52. The van der Waals surface area contributed by atoms with Crippen molar-refractivity contribution in [1.29, 1.82) is 0 Å². The summed E-state index contributed by atoms with van der Waals surface area (Å²) >= 11 is 0. The molecule has 0 radical (unpaired) electrons. The van der Waals surface area contributed by atoms with Gasteiger partial charge in [0.1, 0.15) is 0 Å². The van der Waals surface area contributed by atoms with Gasteiger partial charge in [0.05, 0.1) is 13.2 Å². The molecule has 0 aliphatic carbocycles. The molecular weight excluding hydrogens is 861 g/mol. The van der Waals surface area contributed by atoms with Crippen LogP contribution < -0.4 is 11.1 Å². The number of aliphatic hydroxyl groups is 1. The SMILES string of the molecule is C.C.C.C.C.C.C.C.C.C.C.C.C[Si](C)(C)O[Si](C)(C)O[Si](C)(CCCNCCN)O[Si](C)(C)C.C[Si](C)(C)O[Si](C)(C)O[Si](C)(CCCOCCO)O[Si](C)(C)C. The fraction of sp³-hybridized carbons (Fsp3) is 1.00. The van der Waals surface area contributed by atoms with Gasteiger partial charge in [-0.2, -0.15) is 0 Å². The summed E-state index contributed by atoms with van der Waals surface area (Å²) in [6.07, 6.45) is 1.95. The first-order valence-corrected chi connectivity index (χ1v) is 41.5. The van der Waals surface area contributed by atoms with Crippen molar-refractivity contribution in [3.8, 4) is 0 Å². The number of ether oxygens (including phenoxy) is 1. The third kappa shape index (κ3) is 64.0. The summed E-state index contributed by atoms with van der Waals surface area (Å²) in [5, 5.41) is 12.1. The Morgan fingerprint density at radius 3 is 0.948 bits per heavy atom. The normalized spacial score (nSPS) is 13.0. The van der Waals surface area contributed by atoms with Gasteiger partial charge in [-0.15, -0.1) is 0 Å². The topological polar surface area (TPSA) is 123 Å². The molecule has 0 aromatic carbocycles. The Hall–Kier alpha value is 1.34. The third-order valence-corrected chi connectivity index (χ3v) is 32.6. The highest BCUT2D eigenvalue weighted by Gasteiger charge is 2.45. The molecule has 58 heavy (non-hydrogen) atoms. The first-order chi connectivity index (χ1) is 20.4. The molecule has 0 spiro atoms. The molecule has 0 heterocycles. The van der Waals surface area contributed by atoms with E-state index in [1.807, 2.05) is 0 Å². The summed E-state index contributed by atoms with van der Waals surface area (Å²) in [5.41, 5.74) is 5.52. The van der Waals surface area contributed by atoms with Crippen molar-refractivity contribution >= 4 is 67.5 Å². The van der Waals surface area contributed by atoms with E-state index in [0.717, 1.165) is 38.0 Å². The molecular formula is C40H126N2O8Si8. The second kappa shape index (κ2) is 42.3. The lowest BCUT2D eigenvalue weighted by Crippen LogP contribution is -2.56. The zero-order valence-electron chi connectivity index (χ0n) is 33.5. The highest BCUT2D eigenvalue weighted by atomic mass is 28.5. The summed E-state index contributed by atoms with van der Waals surface area (Å²) in [5.74, 6) is 0. The largest absolute Gasteiger partial charge is 0.437 e. The van der Waals surface area contributed by atoms with E-state index in [0.29, 0.717) is 19.8 Å². The summed E-state index contributed by atoms with van der Waals surface area (Å²) in [4.78, 5) is 0. The van der Waals surface area contributed by atoms with Crippen molar-refractivity contribution in [1.82, 2.24) is 5.32 Å². The molecule has 0 aliphatic heterocycles. The fourth-order valence-corrected chi connectivity index (χ4v) is 41.4. The van der Waals surface area contributed by atoms with Crippen molar-refractivity contribution in [2.45, 2.75) is 232 Å². The van der Waals surface area contributed by atoms with Gasteiger partial charge < -0.3 is 45.6 Å². The number of hydrogen-bond acceptors (Lipinski definition) is 10. The predicted molar refractivity (Wildman–Crippen MR) is 298 cm³/mol. The van der Waals surface area contributed by atoms with Crippen LogP contribution >= 0.6 is 0 Å². The number of nitrogens with one attached hydrogen (secondary N) is 1. The van der Waals surface area contributed by atoms with Gasteiger partial charge in [-0.25, -0.2) is 0 Å². The van der Waals surface area contributed by atoms with Crippen molar-refractivity contribution in [3.05, 3.63) is 0 Å². The van der Waals surface area contributed by atoms with E-state index in [9.17, 15) is 0 Å². The van der Waals surface area contributed by atoms with E-state index in [1.54, 1.807) is 0 Å². The first-order valence-electron chi connectivity index (χ1n) is 17.2. The maximum Gasteiger partial charge on any atom is 0.315 e. The van der Waals surface area contributed by atoms with E-state index < -0.39 is 67.5 Å². The molecule has 0 saturated heterocycles. The lowest BCUT2D eigenvalue weighted by atomic mass is 10.5. The van der Waals surface area contributed by atoms with Gasteiger partial charge in [-0.1, -0.05) is 89.1 Å². The lowest BCUT2D eigenvalue weighted by molar-refractivity contribution is 0.0918. The summed E-state index contributed by atoms with van der Waals surface area (Å²) in [7, 11) is -15.5. The molecule has 0 aliphatic rings. The zero-order chi connectivity index (χ0) is 36.7. The van der Waals surface area contributed by atoms with Crippen molar-refractivity contribution in [2.24, 2.45) is 5.73 Å².